The number of hydrogen-bond donors (Lipinski definition) is 1. The van der Waals surface area contributed by atoms with Crippen molar-refractivity contribution in [3.8, 4) is 22.8 Å². The highest BCUT2D eigenvalue weighted by atomic mass is 16.5. The standard InChI is InChI=1S/C22H26N4O4/c1-14-11-19(30-25-14)17-12-20(27)26(24-21(17)18-9-6-10-29-18)15(2)22(28)23-13-16-7-4-3-5-8-16/h6,9-12,15-16H,3-5,7-8,13H2,1-2H3,(H,23,28)/t15-/m1/s1. The molecule has 0 unspecified atom stereocenters. The quantitative estimate of drug-likeness (QED) is 0.664. The predicted molar refractivity (Wildman–Crippen MR) is 111 cm³/mol. The summed E-state index contributed by atoms with van der Waals surface area (Å²) in [7, 11) is 0. The number of rotatable bonds is 6. The van der Waals surface area contributed by atoms with Crippen LogP contribution in [0.1, 0.15) is 50.8 Å². The third kappa shape index (κ3) is 4.22. The molecular weight excluding hydrogens is 384 g/mol. The van der Waals surface area contributed by atoms with E-state index in [9.17, 15) is 9.59 Å². The number of aryl methyl sites for hydroxylation is 1. The molecule has 1 aliphatic carbocycles. The molecule has 8 nitrogen and oxygen atoms in total. The molecule has 1 atom stereocenters. The zero-order valence-electron chi connectivity index (χ0n) is 17.3. The van der Waals surface area contributed by atoms with E-state index in [0.717, 1.165) is 12.8 Å². The molecule has 8 heteroatoms. The van der Waals surface area contributed by atoms with Gasteiger partial charge in [-0.25, -0.2) is 4.68 Å². The summed E-state index contributed by atoms with van der Waals surface area (Å²) in [5.41, 5.74) is 1.19. The Hall–Kier alpha value is -3.16. The van der Waals surface area contributed by atoms with Crippen molar-refractivity contribution >= 4 is 5.91 Å². The van der Waals surface area contributed by atoms with Gasteiger partial charge in [0.1, 0.15) is 11.7 Å². The van der Waals surface area contributed by atoms with Gasteiger partial charge in [0, 0.05) is 18.7 Å². The van der Waals surface area contributed by atoms with Gasteiger partial charge in [0.2, 0.25) is 5.91 Å². The Kier molecular flexibility index (Phi) is 5.83. The summed E-state index contributed by atoms with van der Waals surface area (Å²) in [6, 6.07) is 5.88. The molecule has 0 aliphatic heterocycles. The van der Waals surface area contributed by atoms with Crippen molar-refractivity contribution in [1.82, 2.24) is 20.3 Å². The Bertz CT molecular complexity index is 1060. The van der Waals surface area contributed by atoms with Crippen molar-refractivity contribution in [1.29, 1.82) is 0 Å². The monoisotopic (exact) mass is 410 g/mol. The van der Waals surface area contributed by atoms with Crippen LogP contribution in [0.4, 0.5) is 0 Å². The maximum Gasteiger partial charge on any atom is 0.268 e. The molecule has 0 saturated heterocycles. The average Bonchev–Trinajstić information content (AvgIpc) is 3.44. The zero-order chi connectivity index (χ0) is 21.1. The fourth-order valence-electron chi connectivity index (χ4n) is 3.91. The molecule has 3 aromatic heterocycles. The van der Waals surface area contributed by atoms with Gasteiger partial charge in [-0.2, -0.15) is 5.10 Å². The van der Waals surface area contributed by atoms with Crippen LogP contribution >= 0.6 is 0 Å². The third-order valence-electron chi connectivity index (χ3n) is 5.64. The Morgan fingerprint density at radius 1 is 1.27 bits per heavy atom. The molecule has 1 amide bonds. The summed E-state index contributed by atoms with van der Waals surface area (Å²) in [6.07, 6.45) is 7.51. The number of carbonyl (C=O) groups excluding carboxylic acids is 1. The lowest BCUT2D eigenvalue weighted by Crippen LogP contribution is -2.39. The number of aromatic nitrogens is 3. The van der Waals surface area contributed by atoms with Crippen molar-refractivity contribution in [3.05, 3.63) is 46.6 Å². The first-order valence-electron chi connectivity index (χ1n) is 10.4. The SMILES string of the molecule is Cc1cc(-c2cc(=O)n([C@H](C)C(=O)NCC3CCCCC3)nc2-c2ccco2)on1. The van der Waals surface area contributed by atoms with Crippen LogP contribution in [-0.4, -0.2) is 27.4 Å². The first-order chi connectivity index (χ1) is 14.5. The van der Waals surface area contributed by atoms with E-state index in [0.29, 0.717) is 40.9 Å². The smallest absolute Gasteiger partial charge is 0.268 e. The van der Waals surface area contributed by atoms with Gasteiger partial charge in [-0.15, -0.1) is 0 Å². The van der Waals surface area contributed by atoms with Crippen LogP contribution in [-0.2, 0) is 4.79 Å². The van der Waals surface area contributed by atoms with Gasteiger partial charge in [-0.05, 0) is 44.7 Å². The van der Waals surface area contributed by atoms with Crippen molar-refractivity contribution in [2.45, 2.75) is 52.0 Å². The van der Waals surface area contributed by atoms with Crippen molar-refractivity contribution < 1.29 is 13.7 Å². The zero-order valence-corrected chi connectivity index (χ0v) is 17.3. The molecule has 0 spiro atoms. The second-order valence-corrected chi connectivity index (χ2v) is 7.92. The molecular formula is C22H26N4O4. The molecule has 4 rings (SSSR count). The van der Waals surface area contributed by atoms with E-state index in [1.807, 2.05) is 0 Å². The van der Waals surface area contributed by atoms with E-state index >= 15 is 0 Å². The lowest BCUT2D eigenvalue weighted by atomic mass is 9.89. The van der Waals surface area contributed by atoms with Gasteiger partial charge in [-0.3, -0.25) is 9.59 Å². The minimum atomic E-state index is -0.750. The first kappa shape index (κ1) is 20.1. The first-order valence-corrected chi connectivity index (χ1v) is 10.4. The van der Waals surface area contributed by atoms with Crippen LogP contribution in [0.15, 0.2) is 44.3 Å². The second-order valence-electron chi connectivity index (χ2n) is 7.92. The van der Waals surface area contributed by atoms with Crippen LogP contribution in [0.3, 0.4) is 0 Å². The fourth-order valence-corrected chi connectivity index (χ4v) is 3.91. The van der Waals surface area contributed by atoms with Crippen LogP contribution in [0.2, 0.25) is 0 Å². The molecule has 0 bridgehead atoms. The largest absolute Gasteiger partial charge is 0.463 e. The van der Waals surface area contributed by atoms with Gasteiger partial charge >= 0.3 is 0 Å². The summed E-state index contributed by atoms with van der Waals surface area (Å²) < 4.78 is 12.0. The van der Waals surface area contributed by atoms with Gasteiger partial charge in [0.15, 0.2) is 11.5 Å². The predicted octanol–water partition coefficient (Wildman–Crippen LogP) is 3.72. The molecule has 0 radical (unpaired) electrons. The Morgan fingerprint density at radius 3 is 2.73 bits per heavy atom. The third-order valence-corrected chi connectivity index (χ3v) is 5.64. The summed E-state index contributed by atoms with van der Waals surface area (Å²) in [4.78, 5) is 25.6. The number of nitrogens with zero attached hydrogens (tertiary/aromatic N) is 3. The number of furan rings is 1. The van der Waals surface area contributed by atoms with Gasteiger partial charge < -0.3 is 14.3 Å². The molecule has 3 heterocycles. The number of nitrogens with one attached hydrogen (secondary N) is 1. The van der Waals surface area contributed by atoms with Crippen LogP contribution in [0, 0.1) is 12.8 Å². The molecule has 1 aliphatic rings. The van der Waals surface area contributed by atoms with E-state index < -0.39 is 11.6 Å². The Labute approximate surface area is 174 Å². The normalized spacial score (nSPS) is 15.8. The Morgan fingerprint density at radius 2 is 2.07 bits per heavy atom. The maximum absolute atomic E-state index is 12.8. The highest BCUT2D eigenvalue weighted by molar-refractivity contribution is 5.80. The van der Waals surface area contributed by atoms with E-state index in [2.05, 4.69) is 15.6 Å². The van der Waals surface area contributed by atoms with Crippen molar-refractivity contribution in [3.63, 3.8) is 0 Å². The minimum absolute atomic E-state index is 0.219. The minimum Gasteiger partial charge on any atom is -0.463 e. The Balaban J connectivity index is 1.62. The highest BCUT2D eigenvalue weighted by Gasteiger charge is 2.24. The molecule has 158 valence electrons. The van der Waals surface area contributed by atoms with Crippen molar-refractivity contribution in [2.75, 3.05) is 6.54 Å². The average molecular weight is 410 g/mol. The molecule has 1 N–H and O–H groups in total. The van der Waals surface area contributed by atoms with Gasteiger partial charge in [-0.1, -0.05) is 24.4 Å². The number of carbonyl (C=O) groups is 1. The topological polar surface area (TPSA) is 103 Å². The lowest BCUT2D eigenvalue weighted by molar-refractivity contribution is -0.124. The molecule has 30 heavy (non-hydrogen) atoms. The van der Waals surface area contributed by atoms with E-state index in [1.54, 1.807) is 32.0 Å². The highest BCUT2D eigenvalue weighted by Crippen LogP contribution is 2.30. The number of amides is 1. The molecule has 1 saturated carbocycles. The summed E-state index contributed by atoms with van der Waals surface area (Å²) in [6.45, 7) is 4.11. The van der Waals surface area contributed by atoms with E-state index in [1.165, 1.54) is 36.3 Å². The summed E-state index contributed by atoms with van der Waals surface area (Å²) in [5, 5.41) is 11.4. The van der Waals surface area contributed by atoms with E-state index in [-0.39, 0.29) is 5.91 Å². The summed E-state index contributed by atoms with van der Waals surface area (Å²) >= 11 is 0. The van der Waals surface area contributed by atoms with Gasteiger partial charge in [0.05, 0.1) is 17.5 Å². The van der Waals surface area contributed by atoms with Crippen LogP contribution in [0.5, 0.6) is 0 Å². The van der Waals surface area contributed by atoms with Crippen LogP contribution < -0.4 is 10.9 Å². The summed E-state index contributed by atoms with van der Waals surface area (Å²) in [5.74, 6) is 1.19. The molecule has 0 aromatic carbocycles. The van der Waals surface area contributed by atoms with Crippen LogP contribution in [0.25, 0.3) is 22.8 Å². The van der Waals surface area contributed by atoms with Gasteiger partial charge in [0.25, 0.3) is 5.56 Å². The molecule has 1 fully saturated rings. The van der Waals surface area contributed by atoms with E-state index in [4.69, 9.17) is 8.94 Å². The fraction of sp³-hybridized carbons (Fsp3) is 0.455. The molecule has 3 aromatic rings. The van der Waals surface area contributed by atoms with Crippen molar-refractivity contribution in [2.24, 2.45) is 5.92 Å². The second kappa shape index (κ2) is 8.69. The number of hydrogen-bond acceptors (Lipinski definition) is 6. The lowest BCUT2D eigenvalue weighted by Gasteiger charge is -2.23. The maximum atomic E-state index is 12.8.